The molecule has 114 valence electrons. The molecular weight excluding hydrogens is 296 g/mol. The Morgan fingerprint density at radius 3 is 2.50 bits per heavy atom. The quantitative estimate of drug-likeness (QED) is 0.720. The van der Waals surface area contributed by atoms with Crippen molar-refractivity contribution in [3.05, 3.63) is 24.3 Å². The molecule has 0 aliphatic carbocycles. The van der Waals surface area contributed by atoms with Gasteiger partial charge in [-0.3, -0.25) is 0 Å². The average molecular weight is 318 g/mol. The third-order valence-corrected chi connectivity index (χ3v) is 4.98. The molecule has 1 aromatic rings. The van der Waals surface area contributed by atoms with Gasteiger partial charge in [0.05, 0.1) is 4.90 Å². The van der Waals surface area contributed by atoms with Crippen LogP contribution >= 0.6 is 11.8 Å². The maximum Gasteiger partial charge on any atom is 0.240 e. The fourth-order valence-corrected chi connectivity index (χ4v) is 3.76. The maximum absolute atomic E-state index is 12.2. The Hall–Kier alpha value is -0.760. The van der Waals surface area contributed by atoms with Gasteiger partial charge in [0.25, 0.3) is 0 Å². The first-order valence-electron chi connectivity index (χ1n) is 6.47. The molecule has 0 saturated heterocycles. The number of sulfonamides is 1. The molecule has 1 rings (SSSR count). The summed E-state index contributed by atoms with van der Waals surface area (Å²) in [4.78, 5) is 0.247. The van der Waals surface area contributed by atoms with Gasteiger partial charge in [-0.15, -0.1) is 0 Å². The van der Waals surface area contributed by atoms with E-state index >= 15 is 0 Å². The van der Waals surface area contributed by atoms with Crippen LogP contribution < -0.4 is 15.2 Å². The van der Waals surface area contributed by atoms with E-state index in [1.807, 2.05) is 13.2 Å². The van der Waals surface area contributed by atoms with Crippen LogP contribution in [0, 0.1) is 0 Å². The van der Waals surface area contributed by atoms with Crippen molar-refractivity contribution in [3.63, 3.8) is 0 Å². The standard InChI is InChI=1S/C13H22N2O3S2/c1-3-11(10-19-2)15-20(16,17)13-6-4-12(5-7-13)18-9-8-14/h4-7,11,15H,3,8-10,14H2,1-2H3. The predicted molar refractivity (Wildman–Crippen MR) is 83.8 cm³/mol. The van der Waals surface area contributed by atoms with Crippen LogP contribution in [-0.2, 0) is 10.0 Å². The number of nitrogens with two attached hydrogens (primary N) is 1. The molecule has 0 aliphatic rings. The summed E-state index contributed by atoms with van der Waals surface area (Å²) in [7, 11) is -3.47. The Morgan fingerprint density at radius 1 is 1.35 bits per heavy atom. The van der Waals surface area contributed by atoms with E-state index in [1.165, 1.54) is 0 Å². The summed E-state index contributed by atoms with van der Waals surface area (Å²) >= 11 is 1.62. The minimum Gasteiger partial charge on any atom is -0.492 e. The van der Waals surface area contributed by atoms with Gasteiger partial charge in [-0.05, 0) is 36.9 Å². The molecule has 0 heterocycles. The van der Waals surface area contributed by atoms with Gasteiger partial charge in [0.2, 0.25) is 10.0 Å². The van der Waals surface area contributed by atoms with E-state index < -0.39 is 10.0 Å². The van der Waals surface area contributed by atoms with Crippen molar-refractivity contribution < 1.29 is 13.2 Å². The fraction of sp³-hybridized carbons (Fsp3) is 0.538. The molecule has 1 unspecified atom stereocenters. The van der Waals surface area contributed by atoms with Crippen LogP contribution in [0.2, 0.25) is 0 Å². The van der Waals surface area contributed by atoms with Crippen molar-refractivity contribution in [2.75, 3.05) is 25.2 Å². The minimum atomic E-state index is -3.47. The molecule has 0 aliphatic heterocycles. The highest BCUT2D eigenvalue weighted by atomic mass is 32.2. The Bertz CT molecular complexity index is 489. The molecule has 5 nitrogen and oxygen atoms in total. The molecule has 1 atom stereocenters. The number of hydrogen-bond acceptors (Lipinski definition) is 5. The topological polar surface area (TPSA) is 81.4 Å². The van der Waals surface area contributed by atoms with Crippen molar-refractivity contribution in [3.8, 4) is 5.75 Å². The first kappa shape index (κ1) is 17.3. The lowest BCUT2D eigenvalue weighted by Gasteiger charge is -2.16. The van der Waals surface area contributed by atoms with Gasteiger partial charge in [-0.1, -0.05) is 6.92 Å². The van der Waals surface area contributed by atoms with Gasteiger partial charge in [0, 0.05) is 18.3 Å². The summed E-state index contributed by atoms with van der Waals surface area (Å²) in [6.45, 7) is 2.80. The molecule has 0 bridgehead atoms. The Kier molecular flexibility index (Phi) is 7.36. The highest BCUT2D eigenvalue weighted by molar-refractivity contribution is 7.98. The van der Waals surface area contributed by atoms with Crippen molar-refractivity contribution in [1.82, 2.24) is 4.72 Å². The van der Waals surface area contributed by atoms with Crippen LogP contribution in [0.25, 0.3) is 0 Å². The summed E-state index contributed by atoms with van der Waals surface area (Å²) in [5.74, 6) is 1.37. The summed E-state index contributed by atoms with van der Waals surface area (Å²) in [5.41, 5.74) is 5.34. The molecule has 0 saturated carbocycles. The van der Waals surface area contributed by atoms with E-state index in [-0.39, 0.29) is 10.9 Å². The van der Waals surface area contributed by atoms with Gasteiger partial charge < -0.3 is 10.5 Å². The third kappa shape index (κ3) is 5.32. The zero-order chi connectivity index (χ0) is 15.0. The molecule has 0 radical (unpaired) electrons. The van der Waals surface area contributed by atoms with E-state index in [9.17, 15) is 8.42 Å². The van der Waals surface area contributed by atoms with Crippen LogP contribution in [-0.4, -0.2) is 39.6 Å². The van der Waals surface area contributed by atoms with Crippen LogP contribution in [0.3, 0.4) is 0 Å². The molecule has 7 heteroatoms. The third-order valence-electron chi connectivity index (χ3n) is 2.70. The molecule has 0 amide bonds. The highest BCUT2D eigenvalue weighted by Gasteiger charge is 2.18. The van der Waals surface area contributed by atoms with Crippen molar-refractivity contribution in [2.24, 2.45) is 5.73 Å². The number of nitrogens with one attached hydrogen (secondary N) is 1. The Balaban J connectivity index is 2.76. The lowest BCUT2D eigenvalue weighted by molar-refractivity contribution is 0.328. The second-order valence-corrected chi connectivity index (χ2v) is 6.92. The largest absolute Gasteiger partial charge is 0.492 e. The smallest absolute Gasteiger partial charge is 0.240 e. The van der Waals surface area contributed by atoms with Crippen LogP contribution in [0.1, 0.15) is 13.3 Å². The van der Waals surface area contributed by atoms with E-state index in [1.54, 1.807) is 36.0 Å². The first-order chi connectivity index (χ1) is 9.53. The van der Waals surface area contributed by atoms with Gasteiger partial charge in [0.1, 0.15) is 12.4 Å². The second kappa shape index (κ2) is 8.51. The summed E-state index contributed by atoms with van der Waals surface area (Å²) in [5, 5.41) is 0. The number of ether oxygens (including phenoxy) is 1. The van der Waals surface area contributed by atoms with Crippen LogP contribution in [0.15, 0.2) is 29.2 Å². The van der Waals surface area contributed by atoms with Crippen molar-refractivity contribution in [2.45, 2.75) is 24.3 Å². The fourth-order valence-electron chi connectivity index (χ4n) is 1.62. The van der Waals surface area contributed by atoms with Gasteiger partial charge in [0.15, 0.2) is 0 Å². The number of benzene rings is 1. The maximum atomic E-state index is 12.2. The summed E-state index contributed by atoms with van der Waals surface area (Å²) in [6.07, 6.45) is 2.72. The zero-order valence-corrected chi connectivity index (χ0v) is 13.5. The van der Waals surface area contributed by atoms with E-state index in [2.05, 4.69) is 4.72 Å². The number of rotatable bonds is 9. The predicted octanol–water partition coefficient (Wildman–Crippen LogP) is 1.44. The molecular formula is C13H22N2O3S2. The lowest BCUT2D eigenvalue weighted by Crippen LogP contribution is -2.36. The molecule has 20 heavy (non-hydrogen) atoms. The minimum absolute atomic E-state index is 0.0526. The van der Waals surface area contributed by atoms with Crippen molar-refractivity contribution in [1.29, 1.82) is 0 Å². The van der Waals surface area contributed by atoms with Gasteiger partial charge in [-0.2, -0.15) is 11.8 Å². The number of hydrogen-bond donors (Lipinski definition) is 2. The summed E-state index contributed by atoms with van der Waals surface area (Å²) in [6, 6.07) is 6.31. The van der Waals surface area contributed by atoms with Gasteiger partial charge >= 0.3 is 0 Å². The van der Waals surface area contributed by atoms with E-state index in [0.717, 1.165) is 12.2 Å². The normalized spacial score (nSPS) is 13.2. The Labute approximate surface area is 125 Å². The number of thioether (sulfide) groups is 1. The van der Waals surface area contributed by atoms with Crippen LogP contribution in [0.4, 0.5) is 0 Å². The molecule has 3 N–H and O–H groups in total. The average Bonchev–Trinajstić information content (AvgIpc) is 2.45. The second-order valence-electron chi connectivity index (χ2n) is 4.29. The molecule has 0 spiro atoms. The molecule has 0 fully saturated rings. The van der Waals surface area contributed by atoms with E-state index in [0.29, 0.717) is 18.9 Å². The lowest BCUT2D eigenvalue weighted by atomic mass is 10.3. The van der Waals surface area contributed by atoms with E-state index in [4.69, 9.17) is 10.5 Å². The Morgan fingerprint density at radius 2 is 2.00 bits per heavy atom. The summed E-state index contributed by atoms with van der Waals surface area (Å²) < 4.78 is 32.5. The molecule has 0 aromatic heterocycles. The van der Waals surface area contributed by atoms with Crippen molar-refractivity contribution >= 4 is 21.8 Å². The SMILES string of the molecule is CCC(CSC)NS(=O)(=O)c1ccc(OCCN)cc1. The first-order valence-corrected chi connectivity index (χ1v) is 9.35. The molecule has 1 aromatic carbocycles. The van der Waals surface area contributed by atoms with Gasteiger partial charge in [-0.25, -0.2) is 13.1 Å². The zero-order valence-electron chi connectivity index (χ0n) is 11.8. The monoisotopic (exact) mass is 318 g/mol. The van der Waals surface area contributed by atoms with Crippen LogP contribution in [0.5, 0.6) is 5.75 Å². The highest BCUT2D eigenvalue weighted by Crippen LogP contribution is 2.16.